The number of aromatic nitrogens is 1. The average Bonchev–Trinajstić information content (AvgIpc) is 2.74. The van der Waals surface area contributed by atoms with Crippen LogP contribution in [-0.2, 0) is 11.2 Å². The van der Waals surface area contributed by atoms with Crippen LogP contribution in [0.15, 0.2) is 10.5 Å². The predicted molar refractivity (Wildman–Crippen MR) is 78.3 cm³/mol. The Bertz CT molecular complexity index is 469. The van der Waals surface area contributed by atoms with E-state index in [4.69, 9.17) is 0 Å². The standard InChI is InChI=1S/C14H21N3OS/c1-9-5-4-6-10(2)14(9)17-16-12(18)7-13-15-11(3)8-19-13/h8-10H,4-7H2,1-3H3,(H,16,18)/t9-,10-/m0/s1. The zero-order valence-corrected chi connectivity index (χ0v) is 12.6. The Hall–Kier alpha value is -1.23. The molecule has 19 heavy (non-hydrogen) atoms. The Morgan fingerprint density at radius 1 is 1.47 bits per heavy atom. The number of nitrogens with one attached hydrogen (secondary N) is 1. The van der Waals surface area contributed by atoms with Gasteiger partial charge < -0.3 is 0 Å². The molecule has 0 spiro atoms. The Kier molecular flexibility index (Phi) is 4.69. The van der Waals surface area contributed by atoms with Crippen LogP contribution >= 0.6 is 11.3 Å². The summed E-state index contributed by atoms with van der Waals surface area (Å²) >= 11 is 1.52. The Labute approximate surface area is 118 Å². The topological polar surface area (TPSA) is 54.4 Å². The van der Waals surface area contributed by atoms with Gasteiger partial charge in [-0.05, 0) is 31.6 Å². The number of carbonyl (C=O) groups excluding carboxylic acids is 1. The van der Waals surface area contributed by atoms with Crippen LogP contribution in [0.25, 0.3) is 0 Å². The molecule has 0 bridgehead atoms. The minimum atomic E-state index is -0.0770. The van der Waals surface area contributed by atoms with E-state index in [1.807, 2.05) is 12.3 Å². The number of amides is 1. The molecule has 1 aliphatic carbocycles. The minimum absolute atomic E-state index is 0.0770. The van der Waals surface area contributed by atoms with Gasteiger partial charge in [-0.2, -0.15) is 5.10 Å². The lowest BCUT2D eigenvalue weighted by Crippen LogP contribution is -2.29. The molecule has 104 valence electrons. The molecule has 1 aliphatic rings. The quantitative estimate of drug-likeness (QED) is 0.865. The van der Waals surface area contributed by atoms with Crippen molar-refractivity contribution in [3.05, 3.63) is 16.1 Å². The first kappa shape index (κ1) is 14.2. The second kappa shape index (κ2) is 6.28. The van der Waals surface area contributed by atoms with Crippen LogP contribution in [0.2, 0.25) is 0 Å². The van der Waals surface area contributed by atoms with Gasteiger partial charge in [-0.25, -0.2) is 10.4 Å². The first-order chi connectivity index (χ1) is 9.06. The second-order valence-electron chi connectivity index (χ2n) is 5.36. The van der Waals surface area contributed by atoms with Crippen molar-refractivity contribution in [2.24, 2.45) is 16.9 Å². The molecule has 0 aromatic carbocycles. The van der Waals surface area contributed by atoms with E-state index in [1.54, 1.807) is 0 Å². The van der Waals surface area contributed by atoms with Crippen LogP contribution in [0.5, 0.6) is 0 Å². The van der Waals surface area contributed by atoms with Crippen molar-refractivity contribution >= 4 is 23.0 Å². The third-order valence-electron chi connectivity index (χ3n) is 3.57. The van der Waals surface area contributed by atoms with E-state index in [-0.39, 0.29) is 5.91 Å². The third kappa shape index (κ3) is 3.86. The van der Waals surface area contributed by atoms with Crippen molar-refractivity contribution in [1.29, 1.82) is 0 Å². The van der Waals surface area contributed by atoms with Crippen LogP contribution in [0.1, 0.15) is 43.8 Å². The van der Waals surface area contributed by atoms with Crippen molar-refractivity contribution < 1.29 is 4.79 Å². The summed E-state index contributed by atoms with van der Waals surface area (Å²) < 4.78 is 0. The van der Waals surface area contributed by atoms with Gasteiger partial charge in [0.05, 0.1) is 6.42 Å². The molecule has 4 nitrogen and oxygen atoms in total. The normalized spacial score (nSPS) is 23.2. The van der Waals surface area contributed by atoms with Gasteiger partial charge >= 0.3 is 0 Å². The van der Waals surface area contributed by atoms with Crippen molar-refractivity contribution in [1.82, 2.24) is 10.4 Å². The summed E-state index contributed by atoms with van der Waals surface area (Å²) in [7, 11) is 0. The molecule has 1 N–H and O–H groups in total. The van der Waals surface area contributed by atoms with E-state index >= 15 is 0 Å². The number of aryl methyl sites for hydroxylation is 1. The van der Waals surface area contributed by atoms with E-state index < -0.39 is 0 Å². The average molecular weight is 279 g/mol. The molecule has 2 atom stereocenters. The van der Waals surface area contributed by atoms with Crippen LogP contribution in [0.3, 0.4) is 0 Å². The van der Waals surface area contributed by atoms with Crippen molar-refractivity contribution in [2.45, 2.75) is 46.5 Å². The number of nitrogens with zero attached hydrogens (tertiary/aromatic N) is 2. The van der Waals surface area contributed by atoms with Crippen molar-refractivity contribution in [2.75, 3.05) is 0 Å². The monoisotopic (exact) mass is 279 g/mol. The molecule has 0 radical (unpaired) electrons. The first-order valence-electron chi connectivity index (χ1n) is 6.83. The van der Waals surface area contributed by atoms with Crippen molar-refractivity contribution in [3.63, 3.8) is 0 Å². The van der Waals surface area contributed by atoms with E-state index in [9.17, 15) is 4.79 Å². The summed E-state index contributed by atoms with van der Waals surface area (Å²) in [6.45, 7) is 6.30. The van der Waals surface area contributed by atoms with Gasteiger partial charge in [-0.3, -0.25) is 4.79 Å². The summed E-state index contributed by atoms with van der Waals surface area (Å²) in [5, 5.41) is 7.15. The fourth-order valence-corrected chi connectivity index (χ4v) is 3.29. The van der Waals surface area contributed by atoms with Gasteiger partial charge in [0, 0.05) is 16.8 Å². The van der Waals surface area contributed by atoms with Crippen LogP contribution < -0.4 is 5.43 Å². The first-order valence-corrected chi connectivity index (χ1v) is 7.71. The van der Waals surface area contributed by atoms with Gasteiger partial charge in [0.25, 0.3) is 0 Å². The molecule has 0 aliphatic heterocycles. The lowest BCUT2D eigenvalue weighted by atomic mass is 9.81. The summed E-state index contributed by atoms with van der Waals surface area (Å²) in [5.41, 5.74) is 4.79. The Morgan fingerprint density at radius 3 is 2.74 bits per heavy atom. The number of thiazole rings is 1. The molecule has 2 rings (SSSR count). The van der Waals surface area contributed by atoms with E-state index in [1.165, 1.54) is 30.6 Å². The highest BCUT2D eigenvalue weighted by Gasteiger charge is 2.23. The van der Waals surface area contributed by atoms with Crippen LogP contribution in [-0.4, -0.2) is 16.6 Å². The maximum atomic E-state index is 11.8. The van der Waals surface area contributed by atoms with Crippen molar-refractivity contribution in [3.8, 4) is 0 Å². The summed E-state index contributed by atoms with van der Waals surface area (Å²) in [6, 6.07) is 0. The van der Waals surface area contributed by atoms with E-state index in [0.717, 1.165) is 16.4 Å². The van der Waals surface area contributed by atoms with Gasteiger partial charge in [0.1, 0.15) is 5.01 Å². The number of carbonyl (C=O) groups is 1. The fraction of sp³-hybridized carbons (Fsp3) is 0.643. The molecule has 1 amide bonds. The molecule has 0 unspecified atom stereocenters. The van der Waals surface area contributed by atoms with E-state index in [2.05, 4.69) is 29.4 Å². The summed E-state index contributed by atoms with van der Waals surface area (Å²) in [6.07, 6.45) is 3.92. The highest BCUT2D eigenvalue weighted by atomic mass is 32.1. The fourth-order valence-electron chi connectivity index (χ4n) is 2.52. The molecule has 5 heteroatoms. The predicted octanol–water partition coefficient (Wildman–Crippen LogP) is 2.92. The summed E-state index contributed by atoms with van der Waals surface area (Å²) in [5.74, 6) is 0.879. The van der Waals surface area contributed by atoms with Gasteiger partial charge in [-0.15, -0.1) is 11.3 Å². The van der Waals surface area contributed by atoms with E-state index in [0.29, 0.717) is 18.3 Å². The zero-order chi connectivity index (χ0) is 13.8. The number of hydrogen-bond acceptors (Lipinski definition) is 4. The Balaban J connectivity index is 1.91. The Morgan fingerprint density at radius 2 is 2.16 bits per heavy atom. The minimum Gasteiger partial charge on any atom is -0.273 e. The largest absolute Gasteiger partial charge is 0.273 e. The molecule has 1 heterocycles. The molecule has 1 fully saturated rings. The van der Waals surface area contributed by atoms with Gasteiger partial charge in [0.15, 0.2) is 0 Å². The molecular weight excluding hydrogens is 258 g/mol. The smallest absolute Gasteiger partial charge is 0.246 e. The molecular formula is C14H21N3OS. The zero-order valence-electron chi connectivity index (χ0n) is 11.8. The highest BCUT2D eigenvalue weighted by Crippen LogP contribution is 2.25. The molecule has 1 aromatic heterocycles. The number of hydrazone groups is 1. The lowest BCUT2D eigenvalue weighted by Gasteiger charge is -2.26. The molecule has 1 saturated carbocycles. The SMILES string of the molecule is Cc1csc(CC(=O)NN=C2[C@@H](C)CCC[C@@H]2C)n1. The second-order valence-corrected chi connectivity index (χ2v) is 6.31. The molecule has 1 aromatic rings. The van der Waals surface area contributed by atoms with Gasteiger partial charge in [0.2, 0.25) is 5.91 Å². The van der Waals surface area contributed by atoms with Crippen LogP contribution in [0.4, 0.5) is 0 Å². The third-order valence-corrected chi connectivity index (χ3v) is 4.54. The van der Waals surface area contributed by atoms with Gasteiger partial charge in [-0.1, -0.05) is 20.3 Å². The lowest BCUT2D eigenvalue weighted by molar-refractivity contribution is -0.120. The number of rotatable bonds is 3. The van der Waals surface area contributed by atoms with Crippen LogP contribution in [0, 0.1) is 18.8 Å². The summed E-state index contributed by atoms with van der Waals surface area (Å²) in [4.78, 5) is 16.1. The number of hydrogen-bond donors (Lipinski definition) is 1. The maximum absolute atomic E-state index is 11.8. The highest BCUT2D eigenvalue weighted by molar-refractivity contribution is 7.09. The molecule has 0 saturated heterocycles. The maximum Gasteiger partial charge on any atom is 0.246 e.